The lowest BCUT2D eigenvalue weighted by molar-refractivity contribution is -0.308. The molecule has 1 aromatic heterocycles. The number of fused-ring (bicyclic) bond motifs is 5. The van der Waals surface area contributed by atoms with Gasteiger partial charge < -0.3 is 39.4 Å². The summed E-state index contributed by atoms with van der Waals surface area (Å²) in [5.74, 6) is 0.679. The Morgan fingerprint density at radius 1 is 0.974 bits per heavy atom. The van der Waals surface area contributed by atoms with Crippen molar-refractivity contribution in [1.82, 2.24) is 0 Å². The lowest BCUT2D eigenvalue weighted by Gasteiger charge is -2.62. The van der Waals surface area contributed by atoms with Crippen LogP contribution in [0.4, 0.5) is 0 Å². The van der Waals surface area contributed by atoms with Gasteiger partial charge >= 0.3 is 5.63 Å². The molecule has 4 aliphatic carbocycles. The van der Waals surface area contributed by atoms with Crippen molar-refractivity contribution in [2.45, 2.75) is 114 Å². The summed E-state index contributed by atoms with van der Waals surface area (Å²) in [6, 6.07) is 3.34. The van der Waals surface area contributed by atoms with Gasteiger partial charge in [-0.15, -0.1) is 0 Å². The first-order valence-electron chi connectivity index (χ1n) is 14.5. The van der Waals surface area contributed by atoms with E-state index in [9.17, 15) is 30.3 Å². The normalized spacial score (nSPS) is 49.5. The number of rotatable bonds is 4. The molecule has 9 nitrogen and oxygen atoms in total. The predicted octanol–water partition coefficient (Wildman–Crippen LogP) is 1.99. The topological polar surface area (TPSA) is 150 Å². The smallest absolute Gasteiger partial charge is 0.335 e. The summed E-state index contributed by atoms with van der Waals surface area (Å²) in [6.45, 7) is 4.06. The maximum absolute atomic E-state index is 12.4. The number of allylic oxidation sites excluding steroid dienone is 1. The molecule has 12 atom stereocenters. The molecule has 216 valence electrons. The minimum Gasteiger partial charge on any atom is -0.431 e. The van der Waals surface area contributed by atoms with Crippen LogP contribution in [0, 0.1) is 22.7 Å². The van der Waals surface area contributed by atoms with Crippen LogP contribution in [-0.2, 0) is 9.47 Å². The second-order valence-corrected chi connectivity index (χ2v) is 13.1. The van der Waals surface area contributed by atoms with E-state index >= 15 is 0 Å². The molecule has 2 heterocycles. The first-order chi connectivity index (χ1) is 18.5. The first kappa shape index (κ1) is 27.6. The molecule has 1 aliphatic heterocycles. The number of ether oxygens (including phenoxy) is 2. The Kier molecular flexibility index (Phi) is 6.90. The van der Waals surface area contributed by atoms with Crippen LogP contribution in [-0.4, -0.2) is 74.6 Å². The number of aliphatic hydroxyl groups is 5. The Morgan fingerprint density at radius 3 is 2.49 bits per heavy atom. The standard InChI is InChI=1S/C30H42O9/c1-28-10-7-18(38-27-26(35)25(34)24(33)22(14-31)39-27)13-17(28)4-5-21-20(28)8-11-29(2)19(9-12-30(21,29)36)16-3-6-23(32)37-15-16/h3,6,13,15,18-22,24-27,31,33-36H,4-5,7-12,14H2,1-2H3. The second kappa shape index (κ2) is 9.76. The third-order valence-electron chi connectivity index (χ3n) is 11.5. The third-order valence-corrected chi connectivity index (χ3v) is 11.5. The van der Waals surface area contributed by atoms with Crippen LogP contribution in [0.2, 0.25) is 0 Å². The molecule has 12 unspecified atom stereocenters. The van der Waals surface area contributed by atoms with Gasteiger partial charge in [-0.1, -0.05) is 25.5 Å². The van der Waals surface area contributed by atoms with Crippen LogP contribution in [0.3, 0.4) is 0 Å². The van der Waals surface area contributed by atoms with Gasteiger partial charge in [0.1, 0.15) is 24.4 Å². The quantitative estimate of drug-likeness (QED) is 0.357. The van der Waals surface area contributed by atoms with E-state index in [1.165, 1.54) is 11.6 Å². The van der Waals surface area contributed by atoms with Crippen molar-refractivity contribution < 1.29 is 39.4 Å². The Bertz CT molecular complexity index is 1140. The number of hydrogen-bond donors (Lipinski definition) is 5. The van der Waals surface area contributed by atoms with Crippen molar-refractivity contribution in [2.75, 3.05) is 6.61 Å². The van der Waals surface area contributed by atoms with Crippen LogP contribution < -0.4 is 5.63 Å². The Morgan fingerprint density at radius 2 is 1.77 bits per heavy atom. The summed E-state index contributed by atoms with van der Waals surface area (Å²) >= 11 is 0. The van der Waals surface area contributed by atoms with Gasteiger partial charge in [0.15, 0.2) is 6.29 Å². The zero-order chi connectivity index (χ0) is 27.7. The molecule has 1 aromatic rings. The van der Waals surface area contributed by atoms with Crippen molar-refractivity contribution in [1.29, 1.82) is 0 Å². The molecular formula is C30H42O9. The first-order valence-corrected chi connectivity index (χ1v) is 14.5. The molecule has 3 saturated carbocycles. The van der Waals surface area contributed by atoms with Gasteiger partial charge in [0.2, 0.25) is 0 Å². The summed E-state index contributed by atoms with van der Waals surface area (Å²) < 4.78 is 16.9. The van der Waals surface area contributed by atoms with Gasteiger partial charge in [-0.05, 0) is 86.2 Å². The fourth-order valence-corrected chi connectivity index (χ4v) is 9.23. The summed E-state index contributed by atoms with van der Waals surface area (Å²) in [5.41, 5.74) is 0.833. The summed E-state index contributed by atoms with van der Waals surface area (Å²) in [7, 11) is 0. The Hall–Kier alpha value is -1.59. The van der Waals surface area contributed by atoms with Gasteiger partial charge in [0.25, 0.3) is 0 Å². The molecule has 4 fully saturated rings. The minimum absolute atomic E-state index is 0.0627. The SMILES string of the molecule is CC12CCC(OC3OC(CO)C(O)C(O)C3O)C=C1CCC1C2CCC2(C)C(c3ccc(=O)oc3)CCC12O. The van der Waals surface area contributed by atoms with Gasteiger partial charge in [0, 0.05) is 11.5 Å². The molecule has 1 saturated heterocycles. The highest BCUT2D eigenvalue weighted by atomic mass is 16.7. The molecular weight excluding hydrogens is 504 g/mol. The van der Waals surface area contributed by atoms with E-state index in [2.05, 4.69) is 19.9 Å². The number of hydrogen-bond acceptors (Lipinski definition) is 9. The van der Waals surface area contributed by atoms with Crippen molar-refractivity contribution in [2.24, 2.45) is 22.7 Å². The summed E-state index contributed by atoms with van der Waals surface area (Å²) in [5, 5.41) is 52.6. The highest BCUT2D eigenvalue weighted by Crippen LogP contribution is 2.70. The monoisotopic (exact) mass is 546 g/mol. The van der Waals surface area contributed by atoms with Crippen LogP contribution in [0.15, 0.2) is 39.3 Å². The minimum atomic E-state index is -1.46. The van der Waals surface area contributed by atoms with Gasteiger partial charge in [0.05, 0.1) is 24.6 Å². The molecule has 0 aromatic carbocycles. The largest absolute Gasteiger partial charge is 0.431 e. The molecule has 0 radical (unpaired) electrons. The summed E-state index contributed by atoms with van der Waals surface area (Å²) in [4.78, 5) is 11.5. The lowest BCUT2D eigenvalue weighted by atomic mass is 9.45. The molecule has 0 spiro atoms. The molecule has 0 bridgehead atoms. The Balaban J connectivity index is 1.21. The molecule has 5 N–H and O–H groups in total. The van der Waals surface area contributed by atoms with Crippen LogP contribution in [0.1, 0.15) is 76.7 Å². The van der Waals surface area contributed by atoms with Crippen LogP contribution >= 0.6 is 0 Å². The fourth-order valence-electron chi connectivity index (χ4n) is 9.23. The van der Waals surface area contributed by atoms with Crippen LogP contribution in [0.25, 0.3) is 0 Å². The highest BCUT2D eigenvalue weighted by molar-refractivity contribution is 5.31. The van der Waals surface area contributed by atoms with E-state index in [4.69, 9.17) is 13.9 Å². The predicted molar refractivity (Wildman–Crippen MR) is 140 cm³/mol. The fraction of sp³-hybridized carbons (Fsp3) is 0.767. The average Bonchev–Trinajstić information content (AvgIpc) is 3.20. The van der Waals surface area contributed by atoms with E-state index in [-0.39, 0.29) is 34.4 Å². The number of aliphatic hydroxyl groups excluding tert-OH is 4. The molecule has 9 heteroatoms. The van der Waals surface area contributed by atoms with Gasteiger partial charge in [-0.25, -0.2) is 4.79 Å². The Labute approximate surface area is 228 Å². The van der Waals surface area contributed by atoms with Crippen molar-refractivity contribution in [3.8, 4) is 0 Å². The lowest BCUT2D eigenvalue weighted by Crippen LogP contribution is -2.61. The molecule has 5 aliphatic rings. The third kappa shape index (κ3) is 4.11. The van der Waals surface area contributed by atoms with Crippen molar-refractivity contribution in [3.63, 3.8) is 0 Å². The van der Waals surface area contributed by atoms with E-state index < -0.39 is 42.9 Å². The molecule has 0 amide bonds. The zero-order valence-corrected chi connectivity index (χ0v) is 22.7. The van der Waals surface area contributed by atoms with Gasteiger partial charge in [-0.3, -0.25) is 0 Å². The maximum Gasteiger partial charge on any atom is 0.335 e. The molecule has 6 rings (SSSR count). The van der Waals surface area contributed by atoms with Crippen molar-refractivity contribution >= 4 is 0 Å². The second-order valence-electron chi connectivity index (χ2n) is 13.1. The maximum atomic E-state index is 12.4. The van der Waals surface area contributed by atoms with E-state index in [1.807, 2.05) is 6.07 Å². The molecule has 39 heavy (non-hydrogen) atoms. The highest BCUT2D eigenvalue weighted by Gasteiger charge is 2.66. The van der Waals surface area contributed by atoms with Gasteiger partial charge in [-0.2, -0.15) is 0 Å². The zero-order valence-electron chi connectivity index (χ0n) is 22.7. The van der Waals surface area contributed by atoms with E-state index in [1.54, 1.807) is 6.26 Å². The van der Waals surface area contributed by atoms with Crippen molar-refractivity contribution in [3.05, 3.63) is 46.0 Å². The van der Waals surface area contributed by atoms with E-state index in [0.29, 0.717) is 12.3 Å². The summed E-state index contributed by atoms with van der Waals surface area (Å²) in [6.07, 6.45) is 3.85. The van der Waals surface area contributed by atoms with Crippen LogP contribution in [0.5, 0.6) is 0 Å². The average molecular weight is 547 g/mol. The van der Waals surface area contributed by atoms with E-state index in [0.717, 1.165) is 50.5 Å².